The third-order valence-electron chi connectivity index (χ3n) is 7.30. The summed E-state index contributed by atoms with van der Waals surface area (Å²) in [5.41, 5.74) is 6.06. The van der Waals surface area contributed by atoms with E-state index in [1.165, 1.54) is 11.1 Å². The van der Waals surface area contributed by atoms with Crippen molar-refractivity contribution in [1.82, 2.24) is 24.8 Å². The highest BCUT2D eigenvalue weighted by atomic mass is 16.5. The molecule has 0 fully saturated rings. The lowest BCUT2D eigenvalue weighted by Crippen LogP contribution is -2.30. The Morgan fingerprint density at radius 1 is 0.865 bits per heavy atom. The first kappa shape index (κ1) is 24.6. The van der Waals surface area contributed by atoms with E-state index < -0.39 is 0 Å². The van der Waals surface area contributed by atoms with Gasteiger partial charge in [0.2, 0.25) is 0 Å². The third-order valence-corrected chi connectivity index (χ3v) is 7.30. The Morgan fingerprint density at radius 3 is 2.24 bits per heavy atom. The Morgan fingerprint density at radius 2 is 1.59 bits per heavy atom. The van der Waals surface area contributed by atoms with Crippen LogP contribution < -0.4 is 4.74 Å². The van der Waals surface area contributed by atoms with E-state index in [1.54, 1.807) is 6.20 Å². The van der Waals surface area contributed by atoms with Crippen LogP contribution in [0.15, 0.2) is 85.1 Å². The molecule has 0 saturated carbocycles. The predicted octanol–water partition coefficient (Wildman–Crippen LogP) is 6.68. The maximum absolute atomic E-state index is 5.96. The van der Waals surface area contributed by atoms with Gasteiger partial charge in [-0.3, -0.25) is 4.98 Å². The maximum Gasteiger partial charge on any atom is 0.177 e. The number of aryl methyl sites for hydroxylation is 1. The molecule has 3 heterocycles. The average Bonchev–Trinajstić information content (AvgIpc) is 3.34. The van der Waals surface area contributed by atoms with Crippen molar-refractivity contribution in [3.05, 3.63) is 108 Å². The number of hydrogen-bond donors (Lipinski definition) is 0. The Labute approximate surface area is 218 Å². The van der Waals surface area contributed by atoms with Crippen LogP contribution in [0, 0.1) is 5.92 Å². The molecule has 0 radical (unpaired) electrons. The average molecular weight is 492 g/mol. The Hall–Kier alpha value is -4.06. The molecule has 3 aromatic heterocycles. The van der Waals surface area contributed by atoms with Gasteiger partial charge in [0.25, 0.3) is 0 Å². The molecule has 0 saturated heterocycles. The minimum atomic E-state index is -0.155. The van der Waals surface area contributed by atoms with Gasteiger partial charge in [-0.2, -0.15) is 9.61 Å². The monoisotopic (exact) mass is 491 g/mol. The lowest BCUT2D eigenvalue weighted by atomic mass is 9.68. The number of nitrogens with zero attached hydrogens (tertiary/aromatic N) is 5. The van der Waals surface area contributed by atoms with E-state index in [0.717, 1.165) is 47.0 Å². The highest BCUT2D eigenvalue weighted by molar-refractivity contribution is 5.61. The van der Waals surface area contributed by atoms with Crippen LogP contribution in [0.25, 0.3) is 16.9 Å². The molecule has 1 unspecified atom stereocenters. The molecule has 0 aliphatic rings. The van der Waals surface area contributed by atoms with Crippen molar-refractivity contribution >= 4 is 5.65 Å². The second kappa shape index (κ2) is 10.5. The number of benzene rings is 2. The third kappa shape index (κ3) is 4.96. The Kier molecular flexibility index (Phi) is 6.99. The minimum Gasteiger partial charge on any atom is -0.487 e. The first-order chi connectivity index (χ1) is 18.0. The normalized spacial score (nSPS) is 13.1. The van der Waals surface area contributed by atoms with Gasteiger partial charge in [-0.15, -0.1) is 10.2 Å². The number of pyridine rings is 1. The van der Waals surface area contributed by atoms with Crippen molar-refractivity contribution in [2.45, 2.75) is 52.6 Å². The van der Waals surface area contributed by atoms with E-state index >= 15 is 0 Å². The summed E-state index contributed by atoms with van der Waals surface area (Å²) >= 11 is 0. The summed E-state index contributed by atoms with van der Waals surface area (Å²) in [6, 6.07) is 27.1. The Balaban J connectivity index is 1.38. The summed E-state index contributed by atoms with van der Waals surface area (Å²) < 4.78 is 7.82. The fraction of sp³-hybridized carbons (Fsp3) is 0.290. The van der Waals surface area contributed by atoms with Gasteiger partial charge in [0.05, 0.1) is 11.4 Å². The van der Waals surface area contributed by atoms with Crippen molar-refractivity contribution < 1.29 is 4.74 Å². The lowest BCUT2D eigenvalue weighted by molar-refractivity contribution is 0.301. The van der Waals surface area contributed by atoms with Gasteiger partial charge in [0, 0.05) is 23.6 Å². The first-order valence-corrected chi connectivity index (χ1v) is 12.9. The number of ether oxygens (including phenoxy) is 1. The largest absolute Gasteiger partial charge is 0.487 e. The van der Waals surface area contributed by atoms with Gasteiger partial charge in [0.1, 0.15) is 12.4 Å². The second-order valence-electron chi connectivity index (χ2n) is 9.92. The molecule has 6 nitrogen and oxygen atoms in total. The summed E-state index contributed by atoms with van der Waals surface area (Å²) in [5, 5.41) is 13.4. The van der Waals surface area contributed by atoms with Crippen LogP contribution in [-0.4, -0.2) is 24.8 Å². The van der Waals surface area contributed by atoms with E-state index in [9.17, 15) is 0 Å². The van der Waals surface area contributed by atoms with Gasteiger partial charge in [-0.25, -0.2) is 0 Å². The van der Waals surface area contributed by atoms with Crippen LogP contribution in [0.3, 0.4) is 0 Å². The van der Waals surface area contributed by atoms with E-state index in [0.29, 0.717) is 12.5 Å². The zero-order chi connectivity index (χ0) is 25.8. The smallest absolute Gasteiger partial charge is 0.177 e. The molecule has 2 aromatic carbocycles. The molecule has 188 valence electrons. The van der Waals surface area contributed by atoms with Crippen LogP contribution in [0.4, 0.5) is 0 Å². The van der Waals surface area contributed by atoms with Crippen LogP contribution >= 0.6 is 0 Å². The van der Waals surface area contributed by atoms with E-state index in [1.807, 2.05) is 34.8 Å². The van der Waals surface area contributed by atoms with Crippen molar-refractivity contribution in [3.63, 3.8) is 0 Å². The standard InChI is InChI=1S/C31H33N5O/c1-5-8-29-33-34-30-19-18-28(35-36(29)30)23-10-12-24(13-11-23)31(4,22(2)3)25-14-16-27(17-15-25)37-21-26-9-6-7-20-32-26/h6-7,9-20,22H,5,8,21H2,1-4H3. The number of aromatic nitrogens is 5. The maximum atomic E-state index is 5.96. The highest BCUT2D eigenvalue weighted by Crippen LogP contribution is 2.40. The summed E-state index contributed by atoms with van der Waals surface area (Å²) in [6.07, 6.45) is 3.65. The van der Waals surface area contributed by atoms with Crippen LogP contribution in [0.1, 0.15) is 56.8 Å². The van der Waals surface area contributed by atoms with Crippen LogP contribution in [0.5, 0.6) is 5.75 Å². The van der Waals surface area contributed by atoms with Crippen molar-refractivity contribution in [3.8, 4) is 17.0 Å². The molecule has 0 N–H and O–H groups in total. The van der Waals surface area contributed by atoms with Gasteiger partial charge < -0.3 is 4.74 Å². The molecule has 0 amide bonds. The van der Waals surface area contributed by atoms with E-state index in [2.05, 4.69) is 91.4 Å². The number of hydrogen-bond acceptors (Lipinski definition) is 5. The molecule has 5 aromatic rings. The van der Waals surface area contributed by atoms with Crippen molar-refractivity contribution in [2.75, 3.05) is 0 Å². The summed E-state index contributed by atoms with van der Waals surface area (Å²) in [6.45, 7) is 9.46. The fourth-order valence-electron chi connectivity index (χ4n) is 4.73. The predicted molar refractivity (Wildman–Crippen MR) is 147 cm³/mol. The van der Waals surface area contributed by atoms with Gasteiger partial charge in [-0.1, -0.05) is 70.2 Å². The fourth-order valence-corrected chi connectivity index (χ4v) is 4.73. The van der Waals surface area contributed by atoms with E-state index in [4.69, 9.17) is 9.84 Å². The minimum absolute atomic E-state index is 0.155. The molecule has 1 atom stereocenters. The van der Waals surface area contributed by atoms with Gasteiger partial charge in [-0.05, 0) is 59.9 Å². The number of fused-ring (bicyclic) bond motifs is 1. The molecular weight excluding hydrogens is 458 g/mol. The van der Waals surface area contributed by atoms with Crippen molar-refractivity contribution in [1.29, 1.82) is 0 Å². The molecule has 0 bridgehead atoms. The molecule has 6 heteroatoms. The molecular formula is C31H33N5O. The topological polar surface area (TPSA) is 65.2 Å². The second-order valence-corrected chi connectivity index (χ2v) is 9.92. The zero-order valence-electron chi connectivity index (χ0n) is 21.9. The summed E-state index contributed by atoms with van der Waals surface area (Å²) in [7, 11) is 0. The highest BCUT2D eigenvalue weighted by Gasteiger charge is 2.32. The van der Waals surface area contributed by atoms with Crippen molar-refractivity contribution in [2.24, 2.45) is 5.92 Å². The number of rotatable bonds is 9. The van der Waals surface area contributed by atoms with Crippen LogP contribution in [-0.2, 0) is 18.4 Å². The van der Waals surface area contributed by atoms with Gasteiger partial charge in [0.15, 0.2) is 11.5 Å². The summed E-state index contributed by atoms with van der Waals surface area (Å²) in [5.74, 6) is 2.13. The summed E-state index contributed by atoms with van der Waals surface area (Å²) in [4.78, 5) is 4.33. The SMILES string of the molecule is CCCc1nnc2ccc(-c3ccc(C(C)(c4ccc(OCc5ccccn5)cc4)C(C)C)cc3)nn12. The quantitative estimate of drug-likeness (QED) is 0.230. The molecule has 5 rings (SSSR count). The lowest BCUT2D eigenvalue weighted by Gasteiger charge is -2.35. The molecule has 0 aliphatic carbocycles. The molecule has 37 heavy (non-hydrogen) atoms. The molecule has 0 aliphatic heterocycles. The van der Waals surface area contributed by atoms with Crippen LogP contribution in [0.2, 0.25) is 0 Å². The first-order valence-electron chi connectivity index (χ1n) is 12.9. The zero-order valence-corrected chi connectivity index (χ0v) is 21.9. The van der Waals surface area contributed by atoms with Gasteiger partial charge >= 0.3 is 0 Å². The Bertz CT molecular complexity index is 1460. The molecule has 0 spiro atoms. The van der Waals surface area contributed by atoms with E-state index in [-0.39, 0.29) is 5.41 Å².